The summed E-state index contributed by atoms with van der Waals surface area (Å²) in [7, 11) is 0. The molecule has 0 N–H and O–H groups in total. The van der Waals surface area contributed by atoms with Crippen LogP contribution >= 0.6 is 11.3 Å². The molecule has 0 saturated carbocycles. The zero-order valence-corrected chi connectivity index (χ0v) is 14.4. The Morgan fingerprint density at radius 1 is 1.04 bits per heavy atom. The second kappa shape index (κ2) is 7.68. The molecule has 0 aliphatic carbocycles. The highest BCUT2D eigenvalue weighted by atomic mass is 32.1. The number of rotatable bonds is 8. The molecule has 2 aromatic heterocycles. The van der Waals surface area contributed by atoms with Crippen molar-refractivity contribution in [2.45, 2.75) is 58.3 Å². The van der Waals surface area contributed by atoms with Crippen molar-refractivity contribution in [1.29, 1.82) is 0 Å². The van der Waals surface area contributed by atoms with Crippen LogP contribution in [-0.2, 0) is 6.42 Å². The molecule has 5 heteroatoms. The standard InChI is InChI=1S/C18H23N3OS/c1-2-3-4-5-6-7-8-13-16-20-21-17(22)14-11-9-10-12-15(14)19-18(21)23-16/h9-12H,2-8,13H2,1H3. The van der Waals surface area contributed by atoms with E-state index in [9.17, 15) is 4.79 Å². The summed E-state index contributed by atoms with van der Waals surface area (Å²) >= 11 is 1.54. The predicted octanol–water partition coefficient (Wildman–Crippen LogP) is 4.60. The SMILES string of the molecule is CCCCCCCCCc1nn2c(=O)c3ccccc3nc2s1. The van der Waals surface area contributed by atoms with Gasteiger partial charge in [-0.05, 0) is 18.6 Å². The van der Waals surface area contributed by atoms with E-state index in [2.05, 4.69) is 17.0 Å². The van der Waals surface area contributed by atoms with E-state index in [0.717, 1.165) is 23.4 Å². The molecule has 2 heterocycles. The van der Waals surface area contributed by atoms with Crippen molar-refractivity contribution in [2.75, 3.05) is 0 Å². The van der Waals surface area contributed by atoms with E-state index in [1.54, 1.807) is 0 Å². The predicted molar refractivity (Wildman–Crippen MR) is 96.3 cm³/mol. The first kappa shape index (κ1) is 16.1. The van der Waals surface area contributed by atoms with E-state index in [-0.39, 0.29) is 5.56 Å². The monoisotopic (exact) mass is 329 g/mol. The van der Waals surface area contributed by atoms with Crippen molar-refractivity contribution in [3.63, 3.8) is 0 Å². The van der Waals surface area contributed by atoms with Gasteiger partial charge in [0.05, 0.1) is 10.9 Å². The topological polar surface area (TPSA) is 47.3 Å². The van der Waals surface area contributed by atoms with Crippen molar-refractivity contribution in [2.24, 2.45) is 0 Å². The van der Waals surface area contributed by atoms with Crippen LogP contribution in [0.4, 0.5) is 0 Å². The van der Waals surface area contributed by atoms with Crippen LogP contribution in [0.3, 0.4) is 0 Å². The minimum atomic E-state index is -0.0623. The smallest absolute Gasteiger partial charge is 0.267 e. The highest BCUT2D eigenvalue weighted by molar-refractivity contribution is 7.16. The summed E-state index contributed by atoms with van der Waals surface area (Å²) in [6.07, 6.45) is 9.94. The molecule has 3 rings (SSSR count). The maximum atomic E-state index is 12.4. The second-order valence-corrected chi connectivity index (χ2v) is 7.04. The maximum Gasteiger partial charge on any atom is 0.283 e. The average Bonchev–Trinajstić information content (AvgIpc) is 2.97. The minimum Gasteiger partial charge on any atom is -0.267 e. The molecule has 0 spiro atoms. The number of benzene rings is 1. The molecule has 0 bridgehead atoms. The Hall–Kier alpha value is -1.75. The summed E-state index contributed by atoms with van der Waals surface area (Å²) in [5, 5.41) is 6.12. The molecular formula is C18H23N3OS. The van der Waals surface area contributed by atoms with Gasteiger partial charge in [-0.25, -0.2) is 4.98 Å². The Morgan fingerprint density at radius 2 is 1.78 bits per heavy atom. The highest BCUT2D eigenvalue weighted by Crippen LogP contribution is 2.17. The minimum absolute atomic E-state index is 0.0623. The zero-order chi connectivity index (χ0) is 16.1. The van der Waals surface area contributed by atoms with Crippen LogP contribution in [-0.4, -0.2) is 14.6 Å². The average molecular weight is 329 g/mol. The summed E-state index contributed by atoms with van der Waals surface area (Å²) < 4.78 is 1.46. The first-order valence-corrected chi connectivity index (χ1v) is 9.38. The Labute approximate surface area is 140 Å². The third-order valence-corrected chi connectivity index (χ3v) is 5.11. The molecule has 0 radical (unpaired) electrons. The molecule has 0 aliphatic heterocycles. The lowest BCUT2D eigenvalue weighted by atomic mass is 10.1. The van der Waals surface area contributed by atoms with Gasteiger partial charge in [-0.15, -0.1) is 0 Å². The van der Waals surface area contributed by atoms with Crippen LogP contribution in [0.15, 0.2) is 29.1 Å². The van der Waals surface area contributed by atoms with Gasteiger partial charge in [0.2, 0.25) is 4.96 Å². The van der Waals surface area contributed by atoms with Gasteiger partial charge in [-0.1, -0.05) is 68.9 Å². The molecule has 0 saturated heterocycles. The van der Waals surface area contributed by atoms with Gasteiger partial charge in [-0.3, -0.25) is 4.79 Å². The summed E-state index contributed by atoms with van der Waals surface area (Å²) in [5.74, 6) is 0. The van der Waals surface area contributed by atoms with E-state index < -0.39 is 0 Å². The largest absolute Gasteiger partial charge is 0.283 e. The van der Waals surface area contributed by atoms with Crippen molar-refractivity contribution in [3.05, 3.63) is 39.6 Å². The molecule has 23 heavy (non-hydrogen) atoms. The summed E-state index contributed by atoms with van der Waals surface area (Å²) in [5.41, 5.74) is 0.691. The first-order chi connectivity index (χ1) is 11.3. The number of nitrogens with zero attached hydrogens (tertiary/aromatic N) is 3. The molecule has 122 valence electrons. The fourth-order valence-electron chi connectivity index (χ4n) is 2.83. The molecule has 3 aromatic rings. The van der Waals surface area contributed by atoms with E-state index >= 15 is 0 Å². The second-order valence-electron chi connectivity index (χ2n) is 6.00. The number of hydrogen-bond acceptors (Lipinski definition) is 4. The lowest BCUT2D eigenvalue weighted by molar-refractivity contribution is 0.587. The molecular weight excluding hydrogens is 306 g/mol. The zero-order valence-electron chi connectivity index (χ0n) is 13.6. The molecule has 0 unspecified atom stereocenters. The number of aryl methyl sites for hydroxylation is 1. The molecule has 0 amide bonds. The number of para-hydroxylation sites is 1. The lowest BCUT2D eigenvalue weighted by Crippen LogP contribution is -2.15. The number of hydrogen-bond donors (Lipinski definition) is 0. The third kappa shape index (κ3) is 3.78. The van der Waals surface area contributed by atoms with Gasteiger partial charge in [0.25, 0.3) is 5.56 Å². The summed E-state index contributed by atoms with van der Waals surface area (Å²) in [4.78, 5) is 17.7. The normalized spacial score (nSPS) is 11.5. The van der Waals surface area contributed by atoms with Crippen molar-refractivity contribution in [1.82, 2.24) is 14.6 Å². The van der Waals surface area contributed by atoms with Crippen LogP contribution < -0.4 is 5.56 Å². The first-order valence-electron chi connectivity index (χ1n) is 8.57. The quantitative estimate of drug-likeness (QED) is 0.568. The molecule has 0 fully saturated rings. The lowest BCUT2D eigenvalue weighted by Gasteiger charge is -1.99. The molecule has 1 aromatic carbocycles. The maximum absolute atomic E-state index is 12.4. The van der Waals surface area contributed by atoms with Crippen LogP contribution in [0.25, 0.3) is 15.9 Å². The van der Waals surface area contributed by atoms with Gasteiger partial charge in [0.15, 0.2) is 0 Å². The number of unbranched alkanes of at least 4 members (excludes halogenated alkanes) is 6. The Balaban J connectivity index is 1.65. The molecule has 0 aliphatic rings. The van der Waals surface area contributed by atoms with Gasteiger partial charge in [-0.2, -0.15) is 9.61 Å². The van der Waals surface area contributed by atoms with Crippen LogP contribution in [0.5, 0.6) is 0 Å². The van der Waals surface area contributed by atoms with E-state index in [1.807, 2.05) is 24.3 Å². The third-order valence-electron chi connectivity index (χ3n) is 4.14. The number of aromatic nitrogens is 3. The van der Waals surface area contributed by atoms with Crippen molar-refractivity contribution >= 4 is 27.2 Å². The Morgan fingerprint density at radius 3 is 2.61 bits per heavy atom. The Kier molecular flexibility index (Phi) is 5.39. The van der Waals surface area contributed by atoms with E-state index in [0.29, 0.717) is 10.3 Å². The molecule has 0 atom stereocenters. The van der Waals surface area contributed by atoms with E-state index in [1.165, 1.54) is 54.4 Å². The van der Waals surface area contributed by atoms with Gasteiger partial charge in [0, 0.05) is 6.42 Å². The summed E-state index contributed by atoms with van der Waals surface area (Å²) in [6.45, 7) is 2.24. The highest BCUT2D eigenvalue weighted by Gasteiger charge is 2.10. The summed E-state index contributed by atoms with van der Waals surface area (Å²) in [6, 6.07) is 7.47. The van der Waals surface area contributed by atoms with Crippen LogP contribution in [0, 0.1) is 0 Å². The van der Waals surface area contributed by atoms with Crippen LogP contribution in [0.1, 0.15) is 56.9 Å². The van der Waals surface area contributed by atoms with Gasteiger partial charge in [0.1, 0.15) is 5.01 Å². The fraction of sp³-hybridized carbons (Fsp3) is 0.500. The van der Waals surface area contributed by atoms with Crippen molar-refractivity contribution in [3.8, 4) is 0 Å². The van der Waals surface area contributed by atoms with Gasteiger partial charge >= 0.3 is 0 Å². The van der Waals surface area contributed by atoms with Gasteiger partial charge < -0.3 is 0 Å². The number of fused-ring (bicyclic) bond motifs is 2. The Bertz CT molecular complexity index is 837. The van der Waals surface area contributed by atoms with Crippen molar-refractivity contribution < 1.29 is 0 Å². The fourth-order valence-corrected chi connectivity index (χ4v) is 3.76. The van der Waals surface area contributed by atoms with Crippen LogP contribution in [0.2, 0.25) is 0 Å². The molecule has 4 nitrogen and oxygen atoms in total. The van der Waals surface area contributed by atoms with E-state index in [4.69, 9.17) is 0 Å².